The fourth-order valence-electron chi connectivity index (χ4n) is 5.49. The molecule has 232 valence electrons. The molecule has 0 radical (unpaired) electrons. The molecule has 11 heteroatoms. The zero-order valence-electron chi connectivity index (χ0n) is 24.7. The molecule has 5 N–H and O–H groups in total. The van der Waals surface area contributed by atoms with Gasteiger partial charge in [0.15, 0.2) is 5.65 Å². The number of carbonyl (C=O) groups is 1. The van der Waals surface area contributed by atoms with E-state index in [1.165, 1.54) is 11.6 Å². The number of fused-ring (bicyclic) bond motifs is 1. The van der Waals surface area contributed by atoms with Crippen molar-refractivity contribution in [2.24, 2.45) is 5.92 Å². The summed E-state index contributed by atoms with van der Waals surface area (Å²) in [5, 5.41) is 31.5. The van der Waals surface area contributed by atoms with Crippen LogP contribution in [0.2, 0.25) is 5.02 Å². The van der Waals surface area contributed by atoms with E-state index in [0.717, 1.165) is 42.9 Å². The van der Waals surface area contributed by atoms with E-state index in [9.17, 15) is 20.1 Å². The fraction of sp³-hybridized carbons (Fsp3) is 0.265. The van der Waals surface area contributed by atoms with E-state index in [4.69, 9.17) is 16.3 Å². The first-order valence-corrected chi connectivity index (χ1v) is 15.1. The average molecular weight is 628 g/mol. The number of halogens is 1. The number of aliphatic hydroxyl groups is 2. The van der Waals surface area contributed by atoms with E-state index in [1.54, 1.807) is 25.1 Å². The second-order valence-electron chi connectivity index (χ2n) is 11.4. The number of nitrogens with zero attached hydrogens (tertiary/aromatic N) is 3. The summed E-state index contributed by atoms with van der Waals surface area (Å²) < 4.78 is 5.80. The van der Waals surface area contributed by atoms with E-state index < -0.39 is 5.97 Å². The zero-order chi connectivity index (χ0) is 31.5. The highest BCUT2D eigenvalue weighted by molar-refractivity contribution is 6.33. The zero-order valence-corrected chi connectivity index (χ0v) is 25.5. The number of aromatic amines is 1. The van der Waals surface area contributed by atoms with Gasteiger partial charge in [-0.05, 0) is 53.3 Å². The van der Waals surface area contributed by atoms with Gasteiger partial charge in [-0.3, -0.25) is 4.90 Å². The normalized spacial score (nSPS) is 13.8. The predicted octanol–water partition coefficient (Wildman–Crippen LogP) is 5.12. The number of aliphatic hydroxyl groups excluding tert-OH is 2. The molecule has 0 atom stereocenters. The van der Waals surface area contributed by atoms with Crippen molar-refractivity contribution in [2.45, 2.75) is 19.5 Å². The van der Waals surface area contributed by atoms with Gasteiger partial charge >= 0.3 is 12.0 Å². The van der Waals surface area contributed by atoms with Crippen molar-refractivity contribution in [2.75, 3.05) is 32.8 Å². The molecule has 3 aromatic carbocycles. The van der Waals surface area contributed by atoms with E-state index >= 15 is 0 Å². The largest absolute Gasteiger partial charge is 0.478 e. The van der Waals surface area contributed by atoms with Gasteiger partial charge in [-0.15, -0.1) is 0 Å². The minimum atomic E-state index is -1.02. The number of rotatable bonds is 12. The summed E-state index contributed by atoms with van der Waals surface area (Å²) in [4.78, 5) is 26.0. The van der Waals surface area contributed by atoms with Crippen LogP contribution < -0.4 is 10.1 Å². The number of imidazole rings is 1. The number of aryl methyl sites for hydroxylation is 1. The van der Waals surface area contributed by atoms with Crippen molar-refractivity contribution in [1.82, 2.24) is 25.2 Å². The molecule has 1 aliphatic heterocycles. The number of ether oxygens (including phenoxy) is 1. The lowest BCUT2D eigenvalue weighted by Gasteiger charge is -2.40. The van der Waals surface area contributed by atoms with Crippen molar-refractivity contribution in [3.8, 4) is 34.1 Å². The van der Waals surface area contributed by atoms with Crippen LogP contribution in [-0.4, -0.2) is 80.0 Å². The minimum absolute atomic E-state index is 0.0557. The molecule has 1 fully saturated rings. The van der Waals surface area contributed by atoms with Crippen molar-refractivity contribution < 1.29 is 24.9 Å². The van der Waals surface area contributed by atoms with Gasteiger partial charge in [-0.2, -0.15) is 4.98 Å². The third-order valence-electron chi connectivity index (χ3n) is 8.08. The van der Waals surface area contributed by atoms with Gasteiger partial charge in [0.05, 0.1) is 41.1 Å². The molecule has 5 aromatic rings. The molecular formula is C34H34ClN5O5. The minimum Gasteiger partial charge on any atom is -0.478 e. The second-order valence-corrected chi connectivity index (χ2v) is 11.8. The molecule has 10 nitrogen and oxygen atoms in total. The van der Waals surface area contributed by atoms with Crippen molar-refractivity contribution in [1.29, 1.82) is 0 Å². The number of benzene rings is 3. The van der Waals surface area contributed by atoms with Gasteiger partial charge in [-0.25, -0.2) is 9.78 Å². The third kappa shape index (κ3) is 7.00. The molecule has 45 heavy (non-hydrogen) atoms. The number of hydrogen-bond acceptors (Lipinski definition) is 8. The van der Waals surface area contributed by atoms with Gasteiger partial charge < -0.3 is 30.4 Å². The van der Waals surface area contributed by atoms with Crippen molar-refractivity contribution in [3.63, 3.8) is 0 Å². The quantitative estimate of drug-likeness (QED) is 0.127. The second kappa shape index (κ2) is 13.4. The Labute approximate surface area is 265 Å². The lowest BCUT2D eigenvalue weighted by molar-refractivity contribution is 0.0695. The molecule has 0 aliphatic carbocycles. The molecule has 0 amide bonds. The molecule has 1 aliphatic rings. The summed E-state index contributed by atoms with van der Waals surface area (Å²) in [5.74, 6) is -0.145. The lowest BCUT2D eigenvalue weighted by Crippen LogP contribution is -2.52. The summed E-state index contributed by atoms with van der Waals surface area (Å²) in [6.07, 6.45) is 0. The summed E-state index contributed by atoms with van der Waals surface area (Å²) in [7, 11) is 0. The van der Waals surface area contributed by atoms with Gasteiger partial charge in [0, 0.05) is 31.7 Å². The smallest absolute Gasteiger partial charge is 0.336 e. The summed E-state index contributed by atoms with van der Waals surface area (Å²) >= 11 is 6.62. The van der Waals surface area contributed by atoms with Crippen LogP contribution in [0, 0.1) is 12.8 Å². The molecule has 2 aromatic heterocycles. The standard InChI is InChI=1S/C34H34ClN5O5/c1-20-2-11-27(12-28(20)33(43)44)45-34-37-30-13-29(35)31(38-32(30)39-34)25-9-7-24(8-10-25)23-5-3-21(4-6-23)15-40-16-22(17-40)14-36-26(18-41)19-42/h2-13,22,26,36,41-42H,14-19H2,1H3,(H,43,44)(H,37,38,39). The number of hydrogen-bond donors (Lipinski definition) is 5. The molecular weight excluding hydrogens is 594 g/mol. The molecule has 0 saturated carbocycles. The molecule has 0 spiro atoms. The van der Waals surface area contributed by atoms with Crippen LogP contribution in [0.15, 0.2) is 72.8 Å². The maximum Gasteiger partial charge on any atom is 0.336 e. The van der Waals surface area contributed by atoms with E-state index in [-0.39, 0.29) is 30.8 Å². The number of aromatic carboxylic acids is 1. The molecule has 6 rings (SSSR count). The summed E-state index contributed by atoms with van der Waals surface area (Å²) in [6.45, 7) is 5.30. The number of pyridine rings is 1. The van der Waals surface area contributed by atoms with Crippen molar-refractivity contribution in [3.05, 3.63) is 94.5 Å². The highest BCUT2D eigenvalue weighted by atomic mass is 35.5. The average Bonchev–Trinajstić information content (AvgIpc) is 3.41. The Morgan fingerprint density at radius 3 is 2.33 bits per heavy atom. The SMILES string of the molecule is Cc1ccc(Oc2nc3nc(-c4ccc(-c5ccc(CN6CC(CNC(CO)CO)C6)cc5)cc4)c(Cl)cc3[nH]2)cc1C(=O)O. The number of likely N-dealkylation sites (tertiary alicyclic amines) is 1. The highest BCUT2D eigenvalue weighted by Gasteiger charge is 2.26. The first-order chi connectivity index (χ1) is 21.8. The van der Waals surface area contributed by atoms with Crippen molar-refractivity contribution >= 4 is 28.7 Å². The summed E-state index contributed by atoms with van der Waals surface area (Å²) in [5.41, 5.74) is 6.72. The van der Waals surface area contributed by atoms with Crippen LogP contribution in [0.4, 0.5) is 0 Å². The van der Waals surface area contributed by atoms with E-state index in [2.05, 4.69) is 49.4 Å². The fourth-order valence-corrected chi connectivity index (χ4v) is 5.75. The number of carboxylic acids is 1. The molecule has 1 saturated heterocycles. The van der Waals surface area contributed by atoms with Crippen LogP contribution in [-0.2, 0) is 6.54 Å². The first kappa shape index (κ1) is 30.7. The van der Waals surface area contributed by atoms with Crippen LogP contribution in [0.25, 0.3) is 33.5 Å². The Kier molecular flexibility index (Phi) is 9.11. The van der Waals surface area contributed by atoms with Crippen LogP contribution in [0.5, 0.6) is 11.8 Å². The highest BCUT2D eigenvalue weighted by Crippen LogP contribution is 2.32. The predicted molar refractivity (Wildman–Crippen MR) is 173 cm³/mol. The van der Waals surface area contributed by atoms with E-state index in [0.29, 0.717) is 39.1 Å². The Morgan fingerprint density at radius 2 is 1.67 bits per heavy atom. The summed E-state index contributed by atoms with van der Waals surface area (Å²) in [6, 6.07) is 23.2. The topological polar surface area (TPSA) is 144 Å². The number of nitrogens with one attached hydrogen (secondary N) is 2. The number of carboxylic acid groups (broad SMARTS) is 1. The van der Waals surface area contributed by atoms with Gasteiger partial charge in [0.1, 0.15) is 5.75 Å². The first-order valence-electron chi connectivity index (χ1n) is 14.7. The Morgan fingerprint density at radius 1 is 1.00 bits per heavy atom. The van der Waals surface area contributed by atoms with Gasteiger partial charge in [-0.1, -0.05) is 66.2 Å². The Hall–Kier alpha value is -4.32. The Bertz CT molecular complexity index is 1800. The lowest BCUT2D eigenvalue weighted by atomic mass is 9.97. The molecule has 0 bridgehead atoms. The number of aromatic nitrogens is 3. The molecule has 3 heterocycles. The maximum absolute atomic E-state index is 11.5. The van der Waals surface area contributed by atoms with Crippen LogP contribution in [0.3, 0.4) is 0 Å². The van der Waals surface area contributed by atoms with Crippen LogP contribution >= 0.6 is 11.6 Å². The Balaban J connectivity index is 1.09. The maximum atomic E-state index is 11.5. The molecule has 0 unspecified atom stereocenters. The number of H-pyrrole nitrogens is 1. The monoisotopic (exact) mass is 627 g/mol. The van der Waals surface area contributed by atoms with Crippen LogP contribution in [0.1, 0.15) is 21.5 Å². The van der Waals surface area contributed by atoms with E-state index in [1.807, 2.05) is 24.3 Å². The van der Waals surface area contributed by atoms with Gasteiger partial charge in [0.25, 0.3) is 0 Å². The third-order valence-corrected chi connectivity index (χ3v) is 8.37. The van der Waals surface area contributed by atoms with Gasteiger partial charge in [0.2, 0.25) is 0 Å².